The zero-order valence-corrected chi connectivity index (χ0v) is 13.1. The van der Waals surface area contributed by atoms with E-state index in [1.54, 1.807) is 0 Å². The van der Waals surface area contributed by atoms with Gasteiger partial charge in [-0.2, -0.15) is 0 Å². The minimum atomic E-state index is 0.464. The van der Waals surface area contributed by atoms with Crippen molar-refractivity contribution in [3.05, 3.63) is 23.2 Å². The van der Waals surface area contributed by atoms with Crippen molar-refractivity contribution in [1.29, 1.82) is 0 Å². The van der Waals surface area contributed by atoms with Crippen molar-refractivity contribution in [2.45, 2.75) is 52.8 Å². The summed E-state index contributed by atoms with van der Waals surface area (Å²) in [7, 11) is 0. The average molecular weight is 280 g/mol. The van der Waals surface area contributed by atoms with Crippen molar-refractivity contribution in [1.82, 2.24) is 10.2 Å². The van der Waals surface area contributed by atoms with Crippen molar-refractivity contribution >= 4 is 0 Å². The molecule has 2 rings (SSSR count). The first-order valence-electron chi connectivity index (χ1n) is 7.85. The van der Waals surface area contributed by atoms with Gasteiger partial charge in [0.25, 0.3) is 0 Å². The van der Waals surface area contributed by atoms with Gasteiger partial charge in [0, 0.05) is 31.8 Å². The van der Waals surface area contributed by atoms with E-state index >= 15 is 0 Å². The van der Waals surface area contributed by atoms with Gasteiger partial charge in [0.1, 0.15) is 11.5 Å². The van der Waals surface area contributed by atoms with E-state index in [0.29, 0.717) is 6.10 Å². The fourth-order valence-corrected chi connectivity index (χ4v) is 2.79. The normalized spacial score (nSPS) is 17.8. The second-order valence-corrected chi connectivity index (χ2v) is 5.51. The first-order valence-corrected chi connectivity index (χ1v) is 7.85. The molecule has 0 bridgehead atoms. The Hall–Kier alpha value is -0.840. The van der Waals surface area contributed by atoms with E-state index in [-0.39, 0.29) is 0 Å². The molecule has 1 fully saturated rings. The van der Waals surface area contributed by atoms with Crippen molar-refractivity contribution in [3.63, 3.8) is 0 Å². The standard InChI is InChI=1S/C16H28N2O2/c1-4-17-11-16-10-14(13(3)20-16)12-18-8-6-15(7-9-18)19-5-2/h10,15,17H,4-9,11-12H2,1-3H3. The molecule has 0 spiro atoms. The molecule has 0 saturated carbocycles. The average Bonchev–Trinajstić information content (AvgIpc) is 2.79. The molecule has 114 valence electrons. The predicted molar refractivity (Wildman–Crippen MR) is 80.8 cm³/mol. The minimum absolute atomic E-state index is 0.464. The van der Waals surface area contributed by atoms with Crippen LogP contribution in [0.4, 0.5) is 0 Å². The van der Waals surface area contributed by atoms with E-state index < -0.39 is 0 Å². The topological polar surface area (TPSA) is 37.6 Å². The second-order valence-electron chi connectivity index (χ2n) is 5.51. The number of likely N-dealkylation sites (tertiary alicyclic amines) is 1. The predicted octanol–water partition coefficient (Wildman–Crippen LogP) is 2.70. The lowest BCUT2D eigenvalue weighted by molar-refractivity contribution is 0.0124. The Bertz CT molecular complexity index is 395. The third-order valence-electron chi connectivity index (χ3n) is 3.95. The molecule has 0 atom stereocenters. The zero-order valence-electron chi connectivity index (χ0n) is 13.1. The summed E-state index contributed by atoms with van der Waals surface area (Å²) >= 11 is 0. The molecule has 0 aromatic carbocycles. The molecule has 4 nitrogen and oxygen atoms in total. The van der Waals surface area contributed by atoms with Crippen LogP contribution in [0.15, 0.2) is 10.5 Å². The van der Waals surface area contributed by atoms with Gasteiger partial charge in [-0.25, -0.2) is 0 Å². The molecule has 1 aliphatic rings. The van der Waals surface area contributed by atoms with Crippen LogP contribution in [-0.4, -0.2) is 37.2 Å². The molecular weight excluding hydrogens is 252 g/mol. The summed E-state index contributed by atoms with van der Waals surface area (Å²) in [5.41, 5.74) is 1.33. The summed E-state index contributed by atoms with van der Waals surface area (Å²) in [5, 5.41) is 3.30. The molecule has 20 heavy (non-hydrogen) atoms. The van der Waals surface area contributed by atoms with Gasteiger partial charge in [0.05, 0.1) is 12.6 Å². The van der Waals surface area contributed by atoms with Gasteiger partial charge in [0.2, 0.25) is 0 Å². The number of aryl methyl sites for hydroxylation is 1. The highest BCUT2D eigenvalue weighted by Gasteiger charge is 2.20. The van der Waals surface area contributed by atoms with E-state index in [1.165, 1.54) is 5.56 Å². The Morgan fingerprint density at radius 3 is 2.75 bits per heavy atom. The molecule has 1 aromatic rings. The van der Waals surface area contributed by atoms with E-state index in [1.807, 2.05) is 0 Å². The maximum absolute atomic E-state index is 5.80. The number of rotatable bonds is 7. The van der Waals surface area contributed by atoms with Crippen molar-refractivity contribution in [2.24, 2.45) is 0 Å². The molecule has 1 aromatic heterocycles. The van der Waals surface area contributed by atoms with Crippen LogP contribution in [0.25, 0.3) is 0 Å². The van der Waals surface area contributed by atoms with Gasteiger partial charge in [-0.1, -0.05) is 6.92 Å². The lowest BCUT2D eigenvalue weighted by Crippen LogP contribution is -2.36. The summed E-state index contributed by atoms with van der Waals surface area (Å²) in [6.07, 6.45) is 2.76. The van der Waals surface area contributed by atoms with Crippen LogP contribution in [0.5, 0.6) is 0 Å². The van der Waals surface area contributed by atoms with Gasteiger partial charge in [-0.3, -0.25) is 4.90 Å². The third kappa shape index (κ3) is 4.33. The molecule has 0 amide bonds. The fourth-order valence-electron chi connectivity index (χ4n) is 2.79. The van der Waals surface area contributed by atoms with Crippen LogP contribution in [0.3, 0.4) is 0 Å². The summed E-state index contributed by atoms with van der Waals surface area (Å²) < 4.78 is 11.5. The molecule has 2 heterocycles. The first kappa shape index (κ1) is 15.5. The summed E-state index contributed by atoms with van der Waals surface area (Å²) in [5.74, 6) is 2.10. The van der Waals surface area contributed by atoms with E-state index in [9.17, 15) is 0 Å². The van der Waals surface area contributed by atoms with Gasteiger partial charge < -0.3 is 14.5 Å². The Morgan fingerprint density at radius 2 is 2.10 bits per heavy atom. The lowest BCUT2D eigenvalue weighted by Gasteiger charge is -2.31. The number of hydrogen-bond acceptors (Lipinski definition) is 4. The molecule has 1 aliphatic heterocycles. The number of nitrogens with zero attached hydrogens (tertiary/aromatic N) is 1. The maximum Gasteiger partial charge on any atom is 0.118 e. The zero-order chi connectivity index (χ0) is 14.4. The molecule has 4 heteroatoms. The van der Waals surface area contributed by atoms with E-state index in [0.717, 1.165) is 63.7 Å². The van der Waals surface area contributed by atoms with Crippen molar-refractivity contribution in [3.8, 4) is 0 Å². The number of furan rings is 1. The van der Waals surface area contributed by atoms with E-state index in [2.05, 4.69) is 37.1 Å². The Kier molecular flexibility index (Phi) is 6.07. The number of hydrogen-bond donors (Lipinski definition) is 1. The van der Waals surface area contributed by atoms with Gasteiger partial charge in [0.15, 0.2) is 0 Å². The lowest BCUT2D eigenvalue weighted by atomic mass is 10.1. The molecule has 0 radical (unpaired) electrons. The van der Waals surface area contributed by atoms with Crippen LogP contribution in [-0.2, 0) is 17.8 Å². The minimum Gasteiger partial charge on any atom is -0.465 e. The highest BCUT2D eigenvalue weighted by Crippen LogP contribution is 2.20. The first-order chi connectivity index (χ1) is 9.72. The molecule has 0 aliphatic carbocycles. The largest absolute Gasteiger partial charge is 0.465 e. The number of nitrogens with one attached hydrogen (secondary N) is 1. The molecular formula is C16H28N2O2. The van der Waals surface area contributed by atoms with E-state index in [4.69, 9.17) is 9.15 Å². The monoisotopic (exact) mass is 280 g/mol. The van der Waals surface area contributed by atoms with Crippen LogP contribution < -0.4 is 5.32 Å². The molecule has 0 unspecified atom stereocenters. The summed E-state index contributed by atoms with van der Waals surface area (Å²) in [6.45, 7) is 12.1. The fraction of sp³-hybridized carbons (Fsp3) is 0.750. The third-order valence-corrected chi connectivity index (χ3v) is 3.95. The summed E-state index contributed by atoms with van der Waals surface area (Å²) in [4.78, 5) is 2.50. The second kappa shape index (κ2) is 7.81. The number of piperidine rings is 1. The van der Waals surface area contributed by atoms with Crippen LogP contribution >= 0.6 is 0 Å². The van der Waals surface area contributed by atoms with Crippen molar-refractivity contribution < 1.29 is 9.15 Å². The Balaban J connectivity index is 1.83. The Morgan fingerprint density at radius 1 is 1.35 bits per heavy atom. The highest BCUT2D eigenvalue weighted by atomic mass is 16.5. The quantitative estimate of drug-likeness (QED) is 0.833. The number of ether oxygens (including phenoxy) is 1. The van der Waals surface area contributed by atoms with Gasteiger partial charge in [-0.15, -0.1) is 0 Å². The molecule has 1 saturated heterocycles. The van der Waals surface area contributed by atoms with Gasteiger partial charge >= 0.3 is 0 Å². The highest BCUT2D eigenvalue weighted by molar-refractivity contribution is 5.20. The smallest absolute Gasteiger partial charge is 0.118 e. The van der Waals surface area contributed by atoms with Crippen molar-refractivity contribution in [2.75, 3.05) is 26.2 Å². The van der Waals surface area contributed by atoms with Crippen LogP contribution in [0.2, 0.25) is 0 Å². The maximum atomic E-state index is 5.80. The SMILES string of the molecule is CCNCc1cc(CN2CCC(OCC)CC2)c(C)o1. The molecule has 1 N–H and O–H groups in total. The Labute approximate surface area is 122 Å². The van der Waals surface area contributed by atoms with Crippen LogP contribution in [0.1, 0.15) is 43.8 Å². The summed E-state index contributed by atoms with van der Waals surface area (Å²) in [6, 6.07) is 2.20. The van der Waals surface area contributed by atoms with Gasteiger partial charge in [-0.05, 0) is 39.3 Å². The van der Waals surface area contributed by atoms with Crippen LogP contribution in [0, 0.1) is 6.92 Å².